The third kappa shape index (κ3) is 3.35. The Kier molecular flexibility index (Phi) is 4.59. The van der Waals surface area contributed by atoms with Crippen molar-refractivity contribution >= 4 is 5.91 Å². The highest BCUT2D eigenvalue weighted by atomic mass is 16.2. The minimum Gasteiger partial charge on any atom is -0.337 e. The van der Waals surface area contributed by atoms with Crippen molar-refractivity contribution in [2.75, 3.05) is 6.54 Å². The third-order valence-electron chi connectivity index (χ3n) is 3.92. The summed E-state index contributed by atoms with van der Waals surface area (Å²) in [7, 11) is 0. The van der Waals surface area contributed by atoms with E-state index >= 15 is 0 Å². The lowest BCUT2D eigenvalue weighted by atomic mass is 9.96. The largest absolute Gasteiger partial charge is 0.337 e. The van der Waals surface area contributed by atoms with Gasteiger partial charge in [0.05, 0.1) is 5.54 Å². The van der Waals surface area contributed by atoms with E-state index in [2.05, 4.69) is 19.1 Å². The van der Waals surface area contributed by atoms with Crippen molar-refractivity contribution in [3.05, 3.63) is 35.9 Å². The van der Waals surface area contributed by atoms with Gasteiger partial charge in [-0.1, -0.05) is 50.1 Å². The molecule has 0 atom stereocenters. The molecule has 19 heavy (non-hydrogen) atoms. The Morgan fingerprint density at radius 3 is 2.47 bits per heavy atom. The first-order chi connectivity index (χ1) is 9.15. The summed E-state index contributed by atoms with van der Waals surface area (Å²) >= 11 is 0. The molecule has 1 aliphatic carbocycles. The molecule has 0 aliphatic heterocycles. The average Bonchev–Trinajstić information content (AvgIpc) is 2.87. The third-order valence-corrected chi connectivity index (χ3v) is 3.92. The van der Waals surface area contributed by atoms with Crippen LogP contribution in [0.1, 0.15) is 44.6 Å². The lowest BCUT2D eigenvalue weighted by Gasteiger charge is -2.31. The van der Waals surface area contributed by atoms with Crippen LogP contribution < -0.4 is 5.73 Å². The summed E-state index contributed by atoms with van der Waals surface area (Å²) < 4.78 is 0. The van der Waals surface area contributed by atoms with Crippen molar-refractivity contribution in [2.24, 2.45) is 5.73 Å². The van der Waals surface area contributed by atoms with Crippen LogP contribution in [0.15, 0.2) is 30.3 Å². The maximum absolute atomic E-state index is 12.7. The Morgan fingerprint density at radius 1 is 1.26 bits per heavy atom. The van der Waals surface area contributed by atoms with Gasteiger partial charge in [0.15, 0.2) is 0 Å². The van der Waals surface area contributed by atoms with Gasteiger partial charge in [0.1, 0.15) is 0 Å². The molecule has 3 heteroatoms. The summed E-state index contributed by atoms with van der Waals surface area (Å²) in [5.74, 6) is 0.135. The molecule has 2 N–H and O–H groups in total. The van der Waals surface area contributed by atoms with E-state index in [1.807, 2.05) is 23.1 Å². The first kappa shape index (κ1) is 14.1. The molecular weight excluding hydrogens is 236 g/mol. The van der Waals surface area contributed by atoms with Crippen LogP contribution in [0, 0.1) is 0 Å². The van der Waals surface area contributed by atoms with E-state index in [1.54, 1.807) is 0 Å². The van der Waals surface area contributed by atoms with Crippen molar-refractivity contribution in [1.29, 1.82) is 0 Å². The Balaban J connectivity index is 2.09. The van der Waals surface area contributed by atoms with Crippen molar-refractivity contribution in [1.82, 2.24) is 4.90 Å². The number of carbonyl (C=O) groups is 1. The summed E-state index contributed by atoms with van der Waals surface area (Å²) in [4.78, 5) is 14.6. The van der Waals surface area contributed by atoms with Gasteiger partial charge in [-0.2, -0.15) is 0 Å². The minimum absolute atomic E-state index is 0.135. The fourth-order valence-electron chi connectivity index (χ4n) is 2.86. The van der Waals surface area contributed by atoms with Gasteiger partial charge in [-0.15, -0.1) is 0 Å². The number of rotatable bonds is 5. The van der Waals surface area contributed by atoms with Gasteiger partial charge < -0.3 is 10.6 Å². The molecule has 1 aromatic carbocycles. The molecule has 0 aromatic heterocycles. The molecular formula is C16H24N2O. The quantitative estimate of drug-likeness (QED) is 0.884. The van der Waals surface area contributed by atoms with Gasteiger partial charge in [-0.3, -0.25) is 4.79 Å². The van der Waals surface area contributed by atoms with E-state index in [0.29, 0.717) is 6.54 Å². The van der Waals surface area contributed by atoms with Crippen molar-refractivity contribution in [2.45, 2.75) is 51.1 Å². The van der Waals surface area contributed by atoms with Crippen LogP contribution in [0.25, 0.3) is 0 Å². The summed E-state index contributed by atoms with van der Waals surface area (Å²) in [5.41, 5.74) is 6.86. The van der Waals surface area contributed by atoms with Gasteiger partial charge in [0, 0.05) is 13.1 Å². The second kappa shape index (κ2) is 6.20. The maximum Gasteiger partial charge on any atom is 0.242 e. The molecule has 1 aliphatic rings. The second-order valence-electron chi connectivity index (χ2n) is 5.58. The number of carbonyl (C=O) groups excluding carboxylic acids is 1. The number of nitrogens with two attached hydrogens (primary N) is 1. The van der Waals surface area contributed by atoms with E-state index < -0.39 is 5.54 Å². The van der Waals surface area contributed by atoms with E-state index in [9.17, 15) is 4.79 Å². The number of amides is 1. The van der Waals surface area contributed by atoms with Gasteiger partial charge in [-0.25, -0.2) is 0 Å². The van der Waals surface area contributed by atoms with Crippen LogP contribution in [-0.4, -0.2) is 22.9 Å². The number of hydrogen-bond donors (Lipinski definition) is 1. The predicted molar refractivity (Wildman–Crippen MR) is 77.5 cm³/mol. The normalized spacial score (nSPS) is 17.4. The smallest absolute Gasteiger partial charge is 0.242 e. The molecule has 1 saturated carbocycles. The second-order valence-corrected chi connectivity index (χ2v) is 5.58. The van der Waals surface area contributed by atoms with Crippen LogP contribution in [-0.2, 0) is 11.3 Å². The van der Waals surface area contributed by atoms with Crippen LogP contribution in [0.2, 0.25) is 0 Å². The van der Waals surface area contributed by atoms with Crippen molar-refractivity contribution in [3.8, 4) is 0 Å². The van der Waals surface area contributed by atoms with Gasteiger partial charge in [0.25, 0.3) is 0 Å². The standard InChI is InChI=1S/C16H24N2O/c1-2-12-18(13-14-8-4-3-5-9-14)15(19)16(17)10-6-7-11-16/h3-5,8-9H,2,6-7,10-13,17H2,1H3. The molecule has 1 amide bonds. The Morgan fingerprint density at radius 2 is 1.89 bits per heavy atom. The summed E-state index contributed by atoms with van der Waals surface area (Å²) in [6.45, 7) is 3.56. The van der Waals surface area contributed by atoms with Crippen LogP contribution in [0.3, 0.4) is 0 Å². The van der Waals surface area contributed by atoms with Crippen LogP contribution in [0.5, 0.6) is 0 Å². The fourth-order valence-corrected chi connectivity index (χ4v) is 2.86. The highest BCUT2D eigenvalue weighted by Gasteiger charge is 2.39. The molecule has 1 aromatic rings. The van der Waals surface area contributed by atoms with E-state index in [-0.39, 0.29) is 5.91 Å². The van der Waals surface area contributed by atoms with Crippen LogP contribution >= 0.6 is 0 Å². The van der Waals surface area contributed by atoms with Crippen molar-refractivity contribution in [3.63, 3.8) is 0 Å². The molecule has 2 rings (SSSR count). The highest BCUT2D eigenvalue weighted by molar-refractivity contribution is 5.86. The molecule has 0 radical (unpaired) electrons. The zero-order chi connectivity index (χ0) is 13.7. The molecule has 0 bridgehead atoms. The SMILES string of the molecule is CCCN(Cc1ccccc1)C(=O)C1(N)CCCC1. The van der Waals surface area contributed by atoms with Crippen molar-refractivity contribution < 1.29 is 4.79 Å². The highest BCUT2D eigenvalue weighted by Crippen LogP contribution is 2.29. The average molecular weight is 260 g/mol. The topological polar surface area (TPSA) is 46.3 Å². The van der Waals surface area contributed by atoms with Gasteiger partial charge in [0.2, 0.25) is 5.91 Å². The first-order valence-corrected chi connectivity index (χ1v) is 7.28. The maximum atomic E-state index is 12.7. The fraction of sp³-hybridized carbons (Fsp3) is 0.562. The lowest BCUT2D eigenvalue weighted by molar-refractivity contribution is -0.137. The predicted octanol–water partition coefficient (Wildman–Crippen LogP) is 2.70. The zero-order valence-electron chi connectivity index (χ0n) is 11.8. The van der Waals surface area contributed by atoms with E-state index in [1.165, 1.54) is 5.56 Å². The lowest BCUT2D eigenvalue weighted by Crippen LogP contribution is -2.53. The van der Waals surface area contributed by atoms with E-state index in [4.69, 9.17) is 5.73 Å². The molecule has 0 unspecified atom stereocenters. The Hall–Kier alpha value is -1.35. The Bertz CT molecular complexity index is 410. The first-order valence-electron chi connectivity index (χ1n) is 7.28. The van der Waals surface area contributed by atoms with Crippen LogP contribution in [0.4, 0.5) is 0 Å². The van der Waals surface area contributed by atoms with E-state index in [0.717, 1.165) is 38.6 Å². The molecule has 104 valence electrons. The molecule has 1 fully saturated rings. The Labute approximate surface area is 115 Å². The summed E-state index contributed by atoms with van der Waals surface area (Å²) in [5, 5.41) is 0. The summed E-state index contributed by atoms with van der Waals surface area (Å²) in [6.07, 6.45) is 4.79. The molecule has 0 spiro atoms. The monoisotopic (exact) mass is 260 g/mol. The molecule has 0 saturated heterocycles. The summed E-state index contributed by atoms with van der Waals surface area (Å²) in [6, 6.07) is 10.1. The minimum atomic E-state index is -0.607. The number of nitrogens with zero attached hydrogens (tertiary/aromatic N) is 1. The van der Waals surface area contributed by atoms with Gasteiger partial charge in [-0.05, 0) is 24.8 Å². The molecule has 3 nitrogen and oxygen atoms in total. The number of benzene rings is 1. The van der Waals surface area contributed by atoms with Gasteiger partial charge >= 0.3 is 0 Å². The molecule has 0 heterocycles. The number of hydrogen-bond acceptors (Lipinski definition) is 2. The zero-order valence-corrected chi connectivity index (χ0v) is 11.8.